The number of rotatable bonds is 3. The van der Waals surface area contributed by atoms with Crippen molar-refractivity contribution in [1.82, 2.24) is 10.1 Å². The van der Waals surface area contributed by atoms with Crippen LogP contribution < -0.4 is 0 Å². The van der Waals surface area contributed by atoms with E-state index >= 15 is 0 Å². The van der Waals surface area contributed by atoms with Crippen molar-refractivity contribution >= 4 is 15.9 Å². The minimum absolute atomic E-state index is 0.193. The first-order valence-corrected chi connectivity index (χ1v) is 6.82. The highest BCUT2D eigenvalue weighted by atomic mass is 79.9. The van der Waals surface area contributed by atoms with Gasteiger partial charge in [-0.25, -0.2) is 0 Å². The van der Waals surface area contributed by atoms with Crippen molar-refractivity contribution in [2.45, 2.75) is 32.5 Å². The SMILES string of the molecule is Cc1cc(-c2noc(CC(O)C(F)(F)F)n2)cc(C)c1Br. The molecule has 1 unspecified atom stereocenters. The Balaban J connectivity index is 2.24. The number of aliphatic hydroxyl groups is 1. The lowest BCUT2D eigenvalue weighted by Gasteiger charge is -2.11. The standard InChI is InChI=1S/C13H12BrF3N2O2/c1-6-3-8(4-7(2)11(6)14)12-18-10(21-19-12)5-9(20)13(15,16)17/h3-4,9,20H,5H2,1-2H3. The first-order chi connectivity index (χ1) is 9.68. The molecule has 0 radical (unpaired) electrons. The summed E-state index contributed by atoms with van der Waals surface area (Å²) >= 11 is 3.42. The van der Waals surface area contributed by atoms with Gasteiger partial charge in [-0.15, -0.1) is 0 Å². The number of hydrogen-bond donors (Lipinski definition) is 1. The summed E-state index contributed by atoms with van der Waals surface area (Å²) in [6.07, 6.45) is -7.98. The van der Waals surface area contributed by atoms with Crippen molar-refractivity contribution < 1.29 is 22.8 Å². The topological polar surface area (TPSA) is 59.2 Å². The predicted octanol–water partition coefficient (Wildman–Crippen LogP) is 3.58. The van der Waals surface area contributed by atoms with Crippen molar-refractivity contribution in [3.63, 3.8) is 0 Å². The minimum Gasteiger partial charge on any atom is -0.383 e. The zero-order valence-electron chi connectivity index (χ0n) is 11.2. The van der Waals surface area contributed by atoms with Crippen LogP contribution in [0.1, 0.15) is 17.0 Å². The number of alkyl halides is 3. The lowest BCUT2D eigenvalue weighted by Crippen LogP contribution is -2.30. The molecule has 0 aliphatic rings. The normalized spacial score (nSPS) is 13.5. The van der Waals surface area contributed by atoms with Crippen LogP contribution in [0.2, 0.25) is 0 Å². The van der Waals surface area contributed by atoms with Crippen molar-refractivity contribution in [3.05, 3.63) is 33.6 Å². The molecule has 8 heteroatoms. The average Bonchev–Trinajstić information content (AvgIpc) is 2.82. The molecule has 0 fully saturated rings. The summed E-state index contributed by atoms with van der Waals surface area (Å²) < 4.78 is 42.5. The fraction of sp³-hybridized carbons (Fsp3) is 0.385. The van der Waals surface area contributed by atoms with Crippen LogP contribution in [-0.4, -0.2) is 27.5 Å². The predicted molar refractivity (Wildman–Crippen MR) is 72.7 cm³/mol. The van der Waals surface area contributed by atoms with E-state index in [1.54, 1.807) is 12.1 Å². The molecule has 2 aromatic rings. The Morgan fingerprint density at radius 3 is 2.38 bits per heavy atom. The first-order valence-electron chi connectivity index (χ1n) is 6.03. The van der Waals surface area contributed by atoms with Gasteiger partial charge in [0.05, 0.1) is 6.42 Å². The first kappa shape index (κ1) is 16.0. The van der Waals surface area contributed by atoms with Crippen LogP contribution in [-0.2, 0) is 6.42 Å². The Hall–Kier alpha value is -1.41. The Morgan fingerprint density at radius 1 is 1.29 bits per heavy atom. The molecule has 0 saturated heterocycles. The Bertz CT molecular complexity index is 632. The van der Waals surface area contributed by atoms with Crippen LogP contribution >= 0.6 is 15.9 Å². The van der Waals surface area contributed by atoms with Crippen molar-refractivity contribution in [1.29, 1.82) is 0 Å². The van der Waals surface area contributed by atoms with Crippen LogP contribution in [0.15, 0.2) is 21.1 Å². The largest absolute Gasteiger partial charge is 0.414 e. The van der Waals surface area contributed by atoms with Crippen LogP contribution in [0.5, 0.6) is 0 Å². The zero-order valence-corrected chi connectivity index (χ0v) is 12.8. The number of benzene rings is 1. The number of hydrogen-bond acceptors (Lipinski definition) is 4. The van der Waals surface area contributed by atoms with Gasteiger partial charge in [0, 0.05) is 10.0 Å². The van der Waals surface area contributed by atoms with Crippen LogP contribution in [0.3, 0.4) is 0 Å². The smallest absolute Gasteiger partial charge is 0.383 e. The molecule has 0 aliphatic heterocycles. The molecule has 2 rings (SSSR count). The highest BCUT2D eigenvalue weighted by Gasteiger charge is 2.39. The summed E-state index contributed by atoms with van der Waals surface area (Å²) in [5.41, 5.74) is 2.54. The summed E-state index contributed by atoms with van der Waals surface area (Å²) in [6.45, 7) is 3.77. The van der Waals surface area contributed by atoms with Gasteiger partial charge in [0.15, 0.2) is 6.10 Å². The van der Waals surface area contributed by atoms with Gasteiger partial charge in [0.1, 0.15) is 0 Å². The van der Waals surface area contributed by atoms with E-state index in [2.05, 4.69) is 26.1 Å². The quantitative estimate of drug-likeness (QED) is 0.904. The van der Waals surface area contributed by atoms with E-state index < -0.39 is 18.7 Å². The lowest BCUT2D eigenvalue weighted by molar-refractivity contribution is -0.204. The maximum atomic E-state index is 12.3. The molecule has 1 aromatic carbocycles. The van der Waals surface area contributed by atoms with Crippen molar-refractivity contribution in [3.8, 4) is 11.4 Å². The van der Waals surface area contributed by atoms with E-state index in [0.717, 1.165) is 15.6 Å². The second-order valence-corrected chi connectivity index (χ2v) is 5.49. The van der Waals surface area contributed by atoms with E-state index in [1.165, 1.54) is 0 Å². The molecule has 1 aromatic heterocycles. The van der Waals surface area contributed by atoms with Gasteiger partial charge in [-0.1, -0.05) is 21.1 Å². The molecule has 21 heavy (non-hydrogen) atoms. The molecular weight excluding hydrogens is 353 g/mol. The van der Waals surface area contributed by atoms with Crippen LogP contribution in [0.25, 0.3) is 11.4 Å². The monoisotopic (exact) mass is 364 g/mol. The van der Waals surface area contributed by atoms with Gasteiger partial charge >= 0.3 is 6.18 Å². The Morgan fingerprint density at radius 2 is 1.86 bits per heavy atom. The fourth-order valence-electron chi connectivity index (χ4n) is 1.81. The fourth-order valence-corrected chi connectivity index (χ4v) is 2.04. The van der Waals surface area contributed by atoms with E-state index in [1.807, 2.05) is 13.8 Å². The number of halogens is 4. The molecule has 114 valence electrons. The number of nitrogens with zero attached hydrogens (tertiary/aromatic N) is 2. The van der Waals surface area contributed by atoms with E-state index in [4.69, 9.17) is 9.63 Å². The highest BCUT2D eigenvalue weighted by molar-refractivity contribution is 9.10. The molecule has 0 aliphatic carbocycles. The van der Waals surface area contributed by atoms with Gasteiger partial charge in [0.25, 0.3) is 0 Å². The lowest BCUT2D eigenvalue weighted by atomic mass is 10.1. The van der Waals surface area contributed by atoms with Gasteiger partial charge in [-0.3, -0.25) is 0 Å². The maximum absolute atomic E-state index is 12.3. The molecule has 0 spiro atoms. The maximum Gasteiger partial charge on any atom is 0.414 e. The van der Waals surface area contributed by atoms with Crippen LogP contribution in [0.4, 0.5) is 13.2 Å². The summed E-state index contributed by atoms with van der Waals surface area (Å²) in [4.78, 5) is 3.89. The van der Waals surface area contributed by atoms with Gasteiger partial charge < -0.3 is 9.63 Å². The molecule has 1 N–H and O–H groups in total. The van der Waals surface area contributed by atoms with Crippen LogP contribution in [0, 0.1) is 13.8 Å². The second-order valence-electron chi connectivity index (χ2n) is 4.70. The van der Waals surface area contributed by atoms with Crippen molar-refractivity contribution in [2.24, 2.45) is 0 Å². The second kappa shape index (κ2) is 5.76. The molecule has 0 bridgehead atoms. The minimum atomic E-state index is -4.71. The summed E-state index contributed by atoms with van der Waals surface area (Å²) in [5.74, 6) is -0.0638. The highest BCUT2D eigenvalue weighted by Crippen LogP contribution is 2.28. The molecule has 0 saturated carbocycles. The number of aryl methyl sites for hydroxylation is 2. The number of aliphatic hydroxyl groups excluding tert-OH is 1. The average molecular weight is 365 g/mol. The third-order valence-corrected chi connectivity index (χ3v) is 4.16. The Labute approximate surface area is 127 Å². The van der Waals surface area contributed by atoms with E-state index in [0.29, 0.717) is 5.56 Å². The van der Waals surface area contributed by atoms with E-state index in [-0.39, 0.29) is 11.7 Å². The van der Waals surface area contributed by atoms with Crippen molar-refractivity contribution in [2.75, 3.05) is 0 Å². The molecule has 1 heterocycles. The van der Waals surface area contributed by atoms with Gasteiger partial charge in [0.2, 0.25) is 11.7 Å². The van der Waals surface area contributed by atoms with E-state index in [9.17, 15) is 13.2 Å². The zero-order chi connectivity index (χ0) is 15.8. The van der Waals surface area contributed by atoms with Gasteiger partial charge in [-0.05, 0) is 37.1 Å². The summed E-state index contributed by atoms with van der Waals surface area (Å²) in [5, 5.41) is 12.6. The Kier molecular flexibility index (Phi) is 4.38. The summed E-state index contributed by atoms with van der Waals surface area (Å²) in [7, 11) is 0. The van der Waals surface area contributed by atoms with Gasteiger partial charge in [-0.2, -0.15) is 18.2 Å². The number of aromatic nitrogens is 2. The third kappa shape index (κ3) is 3.62. The molecule has 0 amide bonds. The third-order valence-electron chi connectivity index (χ3n) is 2.91. The molecule has 4 nitrogen and oxygen atoms in total. The molecular formula is C13H12BrF3N2O2. The molecule has 1 atom stereocenters. The summed E-state index contributed by atoms with van der Waals surface area (Å²) in [6, 6.07) is 3.60.